The van der Waals surface area contributed by atoms with Crippen LogP contribution in [0.2, 0.25) is 0 Å². The molecule has 0 radical (unpaired) electrons. The van der Waals surface area contributed by atoms with Gasteiger partial charge >= 0.3 is 0 Å². The van der Waals surface area contributed by atoms with E-state index in [4.69, 9.17) is 0 Å². The van der Waals surface area contributed by atoms with E-state index in [1.54, 1.807) is 6.33 Å². The molecule has 0 spiro atoms. The lowest BCUT2D eigenvalue weighted by atomic mass is 9.99. The molecule has 1 unspecified atom stereocenters. The zero-order valence-corrected chi connectivity index (χ0v) is 13.2. The van der Waals surface area contributed by atoms with E-state index in [1.807, 2.05) is 0 Å². The average Bonchev–Trinajstić information content (AvgIpc) is 2.72. The van der Waals surface area contributed by atoms with Crippen molar-refractivity contribution >= 4 is 0 Å². The third kappa shape index (κ3) is 6.19. The zero-order valence-electron chi connectivity index (χ0n) is 13.2. The van der Waals surface area contributed by atoms with Crippen LogP contribution in [0.3, 0.4) is 0 Å². The van der Waals surface area contributed by atoms with Crippen LogP contribution in [-0.2, 0) is 13.0 Å². The highest BCUT2D eigenvalue weighted by Gasteiger charge is 2.12. The first-order valence-electron chi connectivity index (χ1n) is 7.63. The van der Waals surface area contributed by atoms with Gasteiger partial charge in [-0.2, -0.15) is 5.10 Å². The molecule has 1 N–H and O–H groups in total. The van der Waals surface area contributed by atoms with Gasteiger partial charge in [-0.3, -0.25) is 0 Å². The van der Waals surface area contributed by atoms with Crippen molar-refractivity contribution in [2.75, 3.05) is 6.54 Å². The molecule has 4 heteroatoms. The van der Waals surface area contributed by atoms with Gasteiger partial charge in [0.15, 0.2) is 0 Å². The van der Waals surface area contributed by atoms with Gasteiger partial charge in [-0.15, -0.1) is 0 Å². The number of rotatable bonds is 9. The fourth-order valence-electron chi connectivity index (χ4n) is 2.44. The lowest BCUT2D eigenvalue weighted by Crippen LogP contribution is -2.31. The number of nitrogens with one attached hydrogen (secondary N) is 1. The first-order valence-corrected chi connectivity index (χ1v) is 7.63. The Kier molecular flexibility index (Phi) is 7.06. The molecule has 0 aliphatic carbocycles. The summed E-state index contributed by atoms with van der Waals surface area (Å²) in [6, 6.07) is 0.592. The minimum atomic E-state index is 0.592. The maximum Gasteiger partial charge on any atom is 0.138 e. The summed E-state index contributed by atoms with van der Waals surface area (Å²) in [6.45, 7) is 13.2. The molecule has 0 saturated heterocycles. The van der Waals surface area contributed by atoms with Crippen LogP contribution >= 0.6 is 0 Å². The Labute approximate surface area is 118 Å². The van der Waals surface area contributed by atoms with E-state index in [2.05, 4.69) is 54.7 Å². The normalized spacial score (nSPS) is 13.4. The van der Waals surface area contributed by atoms with Gasteiger partial charge in [0.05, 0.1) is 0 Å². The lowest BCUT2D eigenvalue weighted by molar-refractivity contribution is 0.395. The summed E-state index contributed by atoms with van der Waals surface area (Å²) in [6.07, 6.45) is 5.06. The number of aromatic nitrogens is 3. The SMILES string of the molecule is CCNC(CCc1ncnn1CC(C)C)CC(C)C. The Morgan fingerprint density at radius 1 is 1.21 bits per heavy atom. The fraction of sp³-hybridized carbons (Fsp3) is 0.867. The number of aryl methyl sites for hydroxylation is 1. The van der Waals surface area contributed by atoms with E-state index < -0.39 is 0 Å². The third-order valence-corrected chi connectivity index (χ3v) is 3.20. The molecule has 0 amide bonds. The zero-order chi connectivity index (χ0) is 14.3. The number of hydrogen-bond donors (Lipinski definition) is 1. The van der Waals surface area contributed by atoms with Crippen LogP contribution in [0, 0.1) is 11.8 Å². The highest BCUT2D eigenvalue weighted by molar-refractivity contribution is 4.87. The molecule has 0 aliphatic rings. The summed E-state index contributed by atoms with van der Waals surface area (Å²) in [7, 11) is 0. The Balaban J connectivity index is 2.51. The molecular weight excluding hydrogens is 236 g/mol. The van der Waals surface area contributed by atoms with Crippen LogP contribution in [0.15, 0.2) is 6.33 Å². The molecule has 1 heterocycles. The molecule has 0 aromatic carbocycles. The second-order valence-corrected chi connectivity index (χ2v) is 6.18. The second kappa shape index (κ2) is 8.31. The standard InChI is InChI=1S/C15H30N4/c1-6-16-14(9-12(2)3)7-8-15-17-11-18-19(15)10-13(4)5/h11-14,16H,6-10H2,1-5H3. The van der Waals surface area contributed by atoms with E-state index in [0.29, 0.717) is 12.0 Å². The number of nitrogens with zero attached hydrogens (tertiary/aromatic N) is 3. The van der Waals surface area contributed by atoms with Crippen LogP contribution in [0.25, 0.3) is 0 Å². The van der Waals surface area contributed by atoms with Gasteiger partial charge in [0.2, 0.25) is 0 Å². The Bertz CT molecular complexity index is 344. The largest absolute Gasteiger partial charge is 0.314 e. The lowest BCUT2D eigenvalue weighted by Gasteiger charge is -2.19. The van der Waals surface area contributed by atoms with Crippen molar-refractivity contribution in [2.24, 2.45) is 11.8 Å². The van der Waals surface area contributed by atoms with E-state index in [0.717, 1.165) is 37.7 Å². The Hall–Kier alpha value is -0.900. The fourth-order valence-corrected chi connectivity index (χ4v) is 2.44. The Morgan fingerprint density at radius 2 is 1.95 bits per heavy atom. The molecule has 4 nitrogen and oxygen atoms in total. The predicted octanol–water partition coefficient (Wildman–Crippen LogP) is 2.89. The summed E-state index contributed by atoms with van der Waals surface area (Å²) in [5, 5.41) is 7.91. The average molecular weight is 266 g/mol. The molecule has 0 aliphatic heterocycles. The predicted molar refractivity (Wildman–Crippen MR) is 80.1 cm³/mol. The maximum atomic E-state index is 4.40. The van der Waals surface area contributed by atoms with Crippen molar-refractivity contribution in [3.8, 4) is 0 Å². The van der Waals surface area contributed by atoms with Crippen molar-refractivity contribution in [3.05, 3.63) is 12.2 Å². The van der Waals surface area contributed by atoms with Crippen LogP contribution < -0.4 is 5.32 Å². The summed E-state index contributed by atoms with van der Waals surface area (Å²) in [5.41, 5.74) is 0. The molecule has 1 aromatic rings. The quantitative estimate of drug-likeness (QED) is 0.747. The van der Waals surface area contributed by atoms with Crippen molar-refractivity contribution in [1.29, 1.82) is 0 Å². The monoisotopic (exact) mass is 266 g/mol. The second-order valence-electron chi connectivity index (χ2n) is 6.18. The van der Waals surface area contributed by atoms with Gasteiger partial charge in [-0.25, -0.2) is 9.67 Å². The highest BCUT2D eigenvalue weighted by Crippen LogP contribution is 2.11. The van der Waals surface area contributed by atoms with E-state index in [-0.39, 0.29) is 0 Å². The summed E-state index contributed by atoms with van der Waals surface area (Å²) >= 11 is 0. The number of hydrogen-bond acceptors (Lipinski definition) is 3. The van der Waals surface area contributed by atoms with Crippen molar-refractivity contribution in [2.45, 2.75) is 66.5 Å². The van der Waals surface area contributed by atoms with Crippen molar-refractivity contribution < 1.29 is 0 Å². The van der Waals surface area contributed by atoms with Crippen LogP contribution in [0.4, 0.5) is 0 Å². The van der Waals surface area contributed by atoms with Gasteiger partial charge < -0.3 is 5.32 Å². The highest BCUT2D eigenvalue weighted by atomic mass is 15.3. The van der Waals surface area contributed by atoms with Crippen molar-refractivity contribution in [3.63, 3.8) is 0 Å². The molecule has 1 rings (SSSR count). The first kappa shape index (κ1) is 16.2. The van der Waals surface area contributed by atoms with Crippen LogP contribution in [0.5, 0.6) is 0 Å². The smallest absolute Gasteiger partial charge is 0.138 e. The Morgan fingerprint density at radius 3 is 2.53 bits per heavy atom. The van der Waals surface area contributed by atoms with Gasteiger partial charge in [-0.05, 0) is 31.2 Å². The molecule has 0 fully saturated rings. The first-order chi connectivity index (χ1) is 9.02. The molecule has 110 valence electrons. The minimum Gasteiger partial charge on any atom is -0.314 e. The van der Waals surface area contributed by atoms with Crippen LogP contribution in [0.1, 0.15) is 53.3 Å². The molecule has 1 atom stereocenters. The molecule has 1 aromatic heterocycles. The molecular formula is C15H30N4. The van der Waals surface area contributed by atoms with Crippen LogP contribution in [-0.4, -0.2) is 27.4 Å². The maximum absolute atomic E-state index is 4.40. The van der Waals surface area contributed by atoms with Gasteiger partial charge in [-0.1, -0.05) is 34.6 Å². The molecule has 19 heavy (non-hydrogen) atoms. The molecule has 0 saturated carbocycles. The van der Waals surface area contributed by atoms with Gasteiger partial charge in [0, 0.05) is 19.0 Å². The summed E-state index contributed by atoms with van der Waals surface area (Å²) < 4.78 is 2.06. The van der Waals surface area contributed by atoms with Gasteiger partial charge in [0.25, 0.3) is 0 Å². The van der Waals surface area contributed by atoms with Crippen molar-refractivity contribution in [1.82, 2.24) is 20.1 Å². The van der Waals surface area contributed by atoms with Gasteiger partial charge in [0.1, 0.15) is 12.2 Å². The topological polar surface area (TPSA) is 42.7 Å². The van der Waals surface area contributed by atoms with E-state index >= 15 is 0 Å². The minimum absolute atomic E-state index is 0.592. The molecule has 0 bridgehead atoms. The summed E-state index contributed by atoms with van der Waals surface area (Å²) in [4.78, 5) is 4.40. The summed E-state index contributed by atoms with van der Waals surface area (Å²) in [5.74, 6) is 2.47. The van der Waals surface area contributed by atoms with E-state index in [9.17, 15) is 0 Å². The van der Waals surface area contributed by atoms with E-state index in [1.165, 1.54) is 6.42 Å². The third-order valence-electron chi connectivity index (χ3n) is 3.20.